The van der Waals surface area contributed by atoms with Crippen LogP contribution in [0.25, 0.3) is 0 Å². The van der Waals surface area contributed by atoms with Crippen molar-refractivity contribution in [1.29, 1.82) is 0 Å². The van der Waals surface area contributed by atoms with Gasteiger partial charge in [-0.1, -0.05) is 19.9 Å². The zero-order valence-corrected chi connectivity index (χ0v) is 7.70. The molecule has 0 spiro atoms. The summed E-state index contributed by atoms with van der Waals surface area (Å²) >= 11 is 0. The second-order valence-corrected chi connectivity index (χ2v) is 2.26. The third kappa shape index (κ3) is 3.46. The first kappa shape index (κ1) is 11.1. The molecule has 0 saturated carbocycles. The van der Waals surface area contributed by atoms with E-state index in [0.29, 0.717) is 12.0 Å². The van der Waals surface area contributed by atoms with Crippen molar-refractivity contribution in [2.24, 2.45) is 0 Å². The Morgan fingerprint density at radius 2 is 1.83 bits per heavy atom. The molecule has 0 unspecified atom stereocenters. The van der Waals surface area contributed by atoms with Crippen molar-refractivity contribution in [3.63, 3.8) is 0 Å². The summed E-state index contributed by atoms with van der Waals surface area (Å²) < 4.78 is 25.0. The molecule has 0 heterocycles. The zero-order valence-electron chi connectivity index (χ0n) is 7.70. The largest absolute Gasteiger partial charge is 0.207 e. The number of allylic oxidation sites excluding steroid dienone is 6. The smallest absolute Gasteiger partial charge is 0.125 e. The molecule has 0 nitrogen and oxygen atoms in total. The molecular weight excluding hydrogens is 158 g/mol. The SMILES string of the molecule is CC.CC1=C(F)C=C(F)C=CC1. The normalized spacial score (nSPS) is 16.2. The van der Waals surface area contributed by atoms with Crippen LogP contribution in [0.5, 0.6) is 0 Å². The number of halogens is 2. The van der Waals surface area contributed by atoms with E-state index in [2.05, 4.69) is 0 Å². The zero-order chi connectivity index (χ0) is 9.56. The maximum atomic E-state index is 12.6. The van der Waals surface area contributed by atoms with Gasteiger partial charge in [0.1, 0.15) is 11.7 Å². The van der Waals surface area contributed by atoms with Crippen molar-refractivity contribution < 1.29 is 8.78 Å². The molecule has 0 N–H and O–H groups in total. The minimum Gasteiger partial charge on any atom is -0.207 e. The maximum Gasteiger partial charge on any atom is 0.125 e. The first-order valence-electron chi connectivity index (χ1n) is 4.09. The fourth-order valence-corrected chi connectivity index (χ4v) is 0.738. The summed E-state index contributed by atoms with van der Waals surface area (Å²) in [6, 6.07) is 0. The fraction of sp³-hybridized carbons (Fsp3) is 0.400. The summed E-state index contributed by atoms with van der Waals surface area (Å²) in [5.41, 5.74) is 0.573. The number of rotatable bonds is 0. The van der Waals surface area contributed by atoms with Crippen molar-refractivity contribution in [1.82, 2.24) is 0 Å². The highest BCUT2D eigenvalue weighted by atomic mass is 19.1. The van der Waals surface area contributed by atoms with Crippen LogP contribution in [0.2, 0.25) is 0 Å². The lowest BCUT2D eigenvalue weighted by Gasteiger charge is -1.91. The first-order chi connectivity index (χ1) is 5.70. The molecule has 0 aromatic heterocycles. The Labute approximate surface area is 72.3 Å². The molecule has 68 valence electrons. The van der Waals surface area contributed by atoms with Crippen molar-refractivity contribution in [3.05, 3.63) is 35.5 Å². The summed E-state index contributed by atoms with van der Waals surface area (Å²) in [6.45, 7) is 5.65. The van der Waals surface area contributed by atoms with E-state index in [9.17, 15) is 8.78 Å². The molecule has 0 aliphatic heterocycles. The maximum absolute atomic E-state index is 12.6. The highest BCUT2D eigenvalue weighted by Crippen LogP contribution is 2.18. The van der Waals surface area contributed by atoms with E-state index in [1.807, 2.05) is 13.8 Å². The highest BCUT2D eigenvalue weighted by Gasteiger charge is 2.01. The van der Waals surface area contributed by atoms with Gasteiger partial charge in [-0.25, -0.2) is 8.78 Å². The van der Waals surface area contributed by atoms with Crippen LogP contribution < -0.4 is 0 Å². The van der Waals surface area contributed by atoms with E-state index in [0.717, 1.165) is 6.08 Å². The molecule has 0 bridgehead atoms. The van der Waals surface area contributed by atoms with Crippen LogP contribution in [0.3, 0.4) is 0 Å². The molecule has 12 heavy (non-hydrogen) atoms. The van der Waals surface area contributed by atoms with Gasteiger partial charge in [-0.15, -0.1) is 0 Å². The number of hydrogen-bond acceptors (Lipinski definition) is 0. The van der Waals surface area contributed by atoms with E-state index in [1.54, 1.807) is 13.0 Å². The van der Waals surface area contributed by atoms with Crippen molar-refractivity contribution in [3.8, 4) is 0 Å². The molecule has 0 aromatic rings. The molecule has 0 saturated heterocycles. The average Bonchev–Trinajstić information content (AvgIpc) is 2.19. The van der Waals surface area contributed by atoms with Crippen LogP contribution in [0, 0.1) is 0 Å². The topological polar surface area (TPSA) is 0 Å². The van der Waals surface area contributed by atoms with Gasteiger partial charge in [-0.3, -0.25) is 0 Å². The van der Waals surface area contributed by atoms with E-state index >= 15 is 0 Å². The van der Waals surface area contributed by atoms with Crippen LogP contribution in [-0.4, -0.2) is 0 Å². The number of hydrogen-bond donors (Lipinski definition) is 0. The van der Waals surface area contributed by atoms with E-state index < -0.39 is 11.7 Å². The Bertz CT molecular complexity index is 222. The third-order valence-electron chi connectivity index (χ3n) is 1.37. The third-order valence-corrected chi connectivity index (χ3v) is 1.37. The fourth-order valence-electron chi connectivity index (χ4n) is 0.738. The molecule has 0 amide bonds. The minimum absolute atomic E-state index is 0.456. The van der Waals surface area contributed by atoms with Crippen molar-refractivity contribution in [2.75, 3.05) is 0 Å². The van der Waals surface area contributed by atoms with Gasteiger partial charge < -0.3 is 0 Å². The van der Waals surface area contributed by atoms with Crippen LogP contribution >= 0.6 is 0 Å². The molecule has 0 fully saturated rings. The summed E-state index contributed by atoms with van der Waals surface area (Å²) in [4.78, 5) is 0. The van der Waals surface area contributed by atoms with Crippen LogP contribution in [-0.2, 0) is 0 Å². The van der Waals surface area contributed by atoms with Gasteiger partial charge in [0.05, 0.1) is 0 Å². The molecule has 0 radical (unpaired) electrons. The van der Waals surface area contributed by atoms with Gasteiger partial charge in [0, 0.05) is 6.08 Å². The monoisotopic (exact) mass is 172 g/mol. The lowest BCUT2D eigenvalue weighted by molar-refractivity contribution is 0.625. The molecule has 1 rings (SSSR count). The second-order valence-electron chi connectivity index (χ2n) is 2.26. The Morgan fingerprint density at radius 1 is 1.25 bits per heavy atom. The van der Waals surface area contributed by atoms with Crippen molar-refractivity contribution >= 4 is 0 Å². The summed E-state index contributed by atoms with van der Waals surface area (Å²) in [6.07, 6.45) is 4.28. The minimum atomic E-state index is -0.519. The predicted molar refractivity (Wildman–Crippen MR) is 48.1 cm³/mol. The summed E-state index contributed by atoms with van der Waals surface area (Å²) in [5.74, 6) is -0.975. The summed E-state index contributed by atoms with van der Waals surface area (Å²) in [7, 11) is 0. The molecule has 0 aromatic carbocycles. The summed E-state index contributed by atoms with van der Waals surface area (Å²) in [5, 5.41) is 0. The average molecular weight is 172 g/mol. The highest BCUT2D eigenvalue weighted by molar-refractivity contribution is 5.30. The Balaban J connectivity index is 0.000000561. The molecule has 0 atom stereocenters. The van der Waals surface area contributed by atoms with Crippen molar-refractivity contribution in [2.45, 2.75) is 27.2 Å². The van der Waals surface area contributed by atoms with Gasteiger partial charge in [-0.2, -0.15) is 0 Å². The Morgan fingerprint density at radius 3 is 2.42 bits per heavy atom. The molecular formula is C10H14F2. The Hall–Kier alpha value is -0.920. The molecule has 2 heteroatoms. The van der Waals surface area contributed by atoms with E-state index in [1.165, 1.54) is 6.08 Å². The Kier molecular flexibility index (Phi) is 5.26. The lowest BCUT2D eigenvalue weighted by atomic mass is 10.2. The van der Waals surface area contributed by atoms with Gasteiger partial charge >= 0.3 is 0 Å². The molecule has 1 aliphatic carbocycles. The second kappa shape index (κ2) is 5.70. The van der Waals surface area contributed by atoms with Gasteiger partial charge in [0.15, 0.2) is 0 Å². The first-order valence-corrected chi connectivity index (χ1v) is 4.09. The van der Waals surface area contributed by atoms with Gasteiger partial charge in [-0.05, 0) is 25.0 Å². The molecule has 1 aliphatic rings. The van der Waals surface area contributed by atoms with Crippen LogP contribution in [0.15, 0.2) is 35.5 Å². The lowest BCUT2D eigenvalue weighted by Crippen LogP contribution is -1.74. The quantitative estimate of drug-likeness (QED) is 0.516. The standard InChI is InChI=1S/C8H8F2.C2H6/c1-6-3-2-4-7(9)5-8(6)10;1-2/h2,4-5H,3H2,1H3;1-2H3. The predicted octanol–water partition coefficient (Wildman–Crippen LogP) is 4.07. The van der Waals surface area contributed by atoms with Crippen LogP contribution in [0.1, 0.15) is 27.2 Å². The van der Waals surface area contributed by atoms with Crippen LogP contribution in [0.4, 0.5) is 8.78 Å². The van der Waals surface area contributed by atoms with E-state index in [-0.39, 0.29) is 0 Å². The van der Waals surface area contributed by atoms with Gasteiger partial charge in [0.2, 0.25) is 0 Å². The van der Waals surface area contributed by atoms with Gasteiger partial charge in [0.25, 0.3) is 0 Å². The van der Waals surface area contributed by atoms with E-state index in [4.69, 9.17) is 0 Å².